The van der Waals surface area contributed by atoms with Crippen molar-refractivity contribution in [2.75, 3.05) is 19.5 Å². The predicted molar refractivity (Wildman–Crippen MR) is 96.0 cm³/mol. The van der Waals surface area contributed by atoms with Gasteiger partial charge in [0.25, 0.3) is 11.5 Å². The Morgan fingerprint density at radius 1 is 1.08 bits per heavy atom. The number of amides is 1. The van der Waals surface area contributed by atoms with E-state index in [1.807, 2.05) is 0 Å². The van der Waals surface area contributed by atoms with Crippen molar-refractivity contribution in [3.05, 3.63) is 76.6 Å². The molecule has 0 aliphatic heterocycles. The van der Waals surface area contributed by atoms with Gasteiger partial charge in [-0.05, 0) is 30.3 Å². The Morgan fingerprint density at radius 2 is 1.88 bits per heavy atom. The van der Waals surface area contributed by atoms with Gasteiger partial charge < -0.3 is 23.8 Å². The molecule has 0 fully saturated rings. The third-order valence-electron chi connectivity index (χ3n) is 3.75. The van der Waals surface area contributed by atoms with E-state index in [1.165, 1.54) is 17.7 Å². The summed E-state index contributed by atoms with van der Waals surface area (Å²) in [4.78, 5) is 24.1. The Morgan fingerprint density at radius 3 is 2.62 bits per heavy atom. The first kappa shape index (κ1) is 17.3. The van der Waals surface area contributed by atoms with Gasteiger partial charge in [0, 0.05) is 24.0 Å². The maximum Gasteiger partial charge on any atom is 0.291 e. The number of hydrogen-bond donors (Lipinski definition) is 1. The molecule has 1 amide bonds. The molecule has 26 heavy (non-hydrogen) atoms. The normalized spacial score (nSPS) is 10.4. The average Bonchev–Trinajstić information content (AvgIpc) is 3.12. The van der Waals surface area contributed by atoms with Gasteiger partial charge in [0.15, 0.2) is 17.3 Å². The van der Waals surface area contributed by atoms with Gasteiger partial charge in [-0.15, -0.1) is 0 Å². The van der Waals surface area contributed by atoms with Crippen molar-refractivity contribution < 1.29 is 18.7 Å². The number of ether oxygens (including phenoxy) is 2. The zero-order valence-electron chi connectivity index (χ0n) is 14.4. The number of rotatable bonds is 6. The first-order chi connectivity index (χ1) is 12.6. The van der Waals surface area contributed by atoms with Crippen LogP contribution in [0.3, 0.4) is 0 Å². The van der Waals surface area contributed by atoms with Crippen molar-refractivity contribution in [1.82, 2.24) is 4.57 Å². The Bertz CT molecular complexity index is 974. The predicted octanol–water partition coefficient (Wildman–Crippen LogP) is 2.76. The number of nitrogens with zero attached hydrogens (tertiary/aromatic N) is 1. The number of carbonyl (C=O) groups is 1. The highest BCUT2D eigenvalue weighted by Gasteiger charge is 2.13. The summed E-state index contributed by atoms with van der Waals surface area (Å²) in [5.41, 5.74) is 0.408. The van der Waals surface area contributed by atoms with Gasteiger partial charge in [-0.25, -0.2) is 0 Å². The van der Waals surface area contributed by atoms with E-state index in [-0.39, 0.29) is 17.9 Å². The number of anilines is 1. The lowest BCUT2D eigenvalue weighted by molar-refractivity contribution is 0.0994. The number of aromatic nitrogens is 1. The highest BCUT2D eigenvalue weighted by Crippen LogP contribution is 2.30. The Hall–Kier alpha value is -3.48. The summed E-state index contributed by atoms with van der Waals surface area (Å²) < 4.78 is 17.4. The number of nitrogens with one attached hydrogen (secondary N) is 1. The van der Waals surface area contributed by atoms with E-state index >= 15 is 0 Å². The van der Waals surface area contributed by atoms with Crippen molar-refractivity contribution in [3.63, 3.8) is 0 Å². The maximum atomic E-state index is 12.4. The van der Waals surface area contributed by atoms with Gasteiger partial charge in [-0.3, -0.25) is 9.59 Å². The fourth-order valence-corrected chi connectivity index (χ4v) is 2.45. The molecule has 7 nitrogen and oxygen atoms in total. The molecule has 7 heteroatoms. The van der Waals surface area contributed by atoms with Gasteiger partial charge in [0.1, 0.15) is 5.76 Å². The molecule has 0 unspecified atom stereocenters. The smallest absolute Gasteiger partial charge is 0.291 e. The molecular weight excluding hydrogens is 336 g/mol. The molecule has 0 aliphatic carbocycles. The fourth-order valence-electron chi connectivity index (χ4n) is 2.45. The van der Waals surface area contributed by atoms with Crippen LogP contribution in [0.4, 0.5) is 5.69 Å². The third kappa shape index (κ3) is 3.77. The zero-order valence-corrected chi connectivity index (χ0v) is 14.4. The van der Waals surface area contributed by atoms with Crippen molar-refractivity contribution in [3.8, 4) is 11.5 Å². The molecule has 3 aromatic rings. The lowest BCUT2D eigenvalue weighted by Gasteiger charge is -2.10. The van der Waals surface area contributed by atoms with Gasteiger partial charge in [-0.2, -0.15) is 0 Å². The molecule has 0 atom stereocenters. The number of pyridine rings is 1. The first-order valence-corrected chi connectivity index (χ1v) is 7.88. The van der Waals surface area contributed by atoms with Crippen LogP contribution in [0.5, 0.6) is 11.5 Å². The molecule has 3 rings (SSSR count). The van der Waals surface area contributed by atoms with Crippen LogP contribution in [0, 0.1) is 0 Å². The largest absolute Gasteiger partial charge is 0.493 e. The van der Waals surface area contributed by atoms with Crippen molar-refractivity contribution in [2.24, 2.45) is 0 Å². The number of carbonyl (C=O) groups excluding carboxylic acids is 1. The minimum Gasteiger partial charge on any atom is -0.493 e. The number of methoxy groups -OCH3 is 2. The summed E-state index contributed by atoms with van der Waals surface area (Å²) in [6.07, 6.45) is 1.66. The summed E-state index contributed by atoms with van der Waals surface area (Å²) in [6, 6.07) is 13.2. The Labute approximate surface area is 149 Å². The Kier molecular flexibility index (Phi) is 5.07. The summed E-state index contributed by atoms with van der Waals surface area (Å²) >= 11 is 0. The molecule has 134 valence electrons. The fraction of sp³-hybridized carbons (Fsp3) is 0.158. The average molecular weight is 354 g/mol. The van der Waals surface area contributed by atoms with Crippen LogP contribution < -0.4 is 20.3 Å². The molecule has 0 spiro atoms. The molecule has 1 N–H and O–H groups in total. The van der Waals surface area contributed by atoms with Crippen LogP contribution in [-0.2, 0) is 6.54 Å². The van der Waals surface area contributed by atoms with E-state index in [1.54, 1.807) is 55.8 Å². The maximum absolute atomic E-state index is 12.4. The van der Waals surface area contributed by atoms with Crippen LogP contribution in [0.15, 0.2) is 63.9 Å². The van der Waals surface area contributed by atoms with Crippen molar-refractivity contribution >= 4 is 11.6 Å². The van der Waals surface area contributed by atoms with E-state index in [9.17, 15) is 9.59 Å². The third-order valence-corrected chi connectivity index (χ3v) is 3.75. The molecule has 1 aromatic carbocycles. The molecule has 2 aromatic heterocycles. The van der Waals surface area contributed by atoms with Crippen LogP contribution in [0.25, 0.3) is 0 Å². The lowest BCUT2D eigenvalue weighted by atomic mass is 10.2. The van der Waals surface area contributed by atoms with Crippen LogP contribution >= 0.6 is 0 Å². The summed E-state index contributed by atoms with van der Waals surface area (Å²) in [6.45, 7) is 0.253. The van der Waals surface area contributed by atoms with Gasteiger partial charge in [-0.1, -0.05) is 6.07 Å². The molecule has 2 heterocycles. The minimum absolute atomic E-state index is 0.139. The minimum atomic E-state index is -0.399. The van der Waals surface area contributed by atoms with E-state index in [0.29, 0.717) is 22.9 Å². The molecule has 0 aliphatic rings. The second-order valence-electron chi connectivity index (χ2n) is 5.46. The van der Waals surface area contributed by atoms with Gasteiger partial charge in [0.2, 0.25) is 0 Å². The van der Waals surface area contributed by atoms with E-state index in [0.717, 1.165) is 0 Å². The van der Waals surface area contributed by atoms with Crippen LogP contribution in [0.1, 0.15) is 16.3 Å². The standard InChI is InChI=1S/C19H18N2O5/c1-24-15-8-6-13(11-17(15)25-2)20-19(23)16-9-7-14(26-16)12-21-10-4-3-5-18(21)22/h3-11H,12H2,1-2H3,(H,20,23). The summed E-state index contributed by atoms with van der Waals surface area (Å²) in [7, 11) is 3.06. The molecule has 0 saturated carbocycles. The Balaban J connectivity index is 1.72. The van der Waals surface area contributed by atoms with Crippen molar-refractivity contribution in [1.29, 1.82) is 0 Å². The number of benzene rings is 1. The topological polar surface area (TPSA) is 82.7 Å². The summed E-state index contributed by atoms with van der Waals surface area (Å²) in [5.74, 6) is 1.34. The zero-order chi connectivity index (χ0) is 18.5. The van der Waals surface area contributed by atoms with E-state index in [2.05, 4.69) is 5.32 Å². The second kappa shape index (κ2) is 7.60. The van der Waals surface area contributed by atoms with E-state index < -0.39 is 5.91 Å². The second-order valence-corrected chi connectivity index (χ2v) is 5.46. The first-order valence-electron chi connectivity index (χ1n) is 7.88. The molecule has 0 saturated heterocycles. The molecular formula is C19H18N2O5. The molecule has 0 radical (unpaired) electrons. The number of furan rings is 1. The highest BCUT2D eigenvalue weighted by molar-refractivity contribution is 6.02. The van der Waals surface area contributed by atoms with Gasteiger partial charge in [0.05, 0.1) is 20.8 Å². The number of hydrogen-bond acceptors (Lipinski definition) is 5. The highest BCUT2D eigenvalue weighted by atomic mass is 16.5. The van der Waals surface area contributed by atoms with E-state index in [4.69, 9.17) is 13.9 Å². The lowest BCUT2D eigenvalue weighted by Crippen LogP contribution is -2.18. The SMILES string of the molecule is COc1ccc(NC(=O)c2ccc(Cn3ccccc3=O)o2)cc1OC. The van der Waals surface area contributed by atoms with Crippen LogP contribution in [-0.4, -0.2) is 24.7 Å². The van der Waals surface area contributed by atoms with Crippen LogP contribution in [0.2, 0.25) is 0 Å². The quantitative estimate of drug-likeness (QED) is 0.736. The monoisotopic (exact) mass is 354 g/mol. The molecule has 0 bridgehead atoms. The summed E-state index contributed by atoms with van der Waals surface area (Å²) in [5, 5.41) is 2.74. The van der Waals surface area contributed by atoms with Gasteiger partial charge >= 0.3 is 0 Å². The van der Waals surface area contributed by atoms with Crippen molar-refractivity contribution in [2.45, 2.75) is 6.54 Å².